The highest BCUT2D eigenvalue weighted by atomic mass is 32.1. The van der Waals surface area contributed by atoms with Crippen LogP contribution in [0.15, 0.2) is 40.8 Å². The Balaban J connectivity index is 2.17. The minimum Gasteiger partial charge on any atom is -0.441 e. The third-order valence-electron chi connectivity index (χ3n) is 3.23. The number of aryl methyl sites for hydroxylation is 1. The van der Waals surface area contributed by atoms with Gasteiger partial charge in [-0.05, 0) is 12.1 Å². The first-order valence-corrected chi connectivity index (χ1v) is 6.87. The molecule has 0 saturated heterocycles. The summed E-state index contributed by atoms with van der Waals surface area (Å²) in [6.07, 6.45) is 0.836. The van der Waals surface area contributed by atoms with Crippen LogP contribution in [0.2, 0.25) is 0 Å². The van der Waals surface area contributed by atoms with Crippen LogP contribution >= 0.6 is 11.3 Å². The van der Waals surface area contributed by atoms with Gasteiger partial charge in [-0.2, -0.15) is 0 Å². The van der Waals surface area contributed by atoms with Gasteiger partial charge < -0.3 is 4.42 Å². The van der Waals surface area contributed by atoms with Gasteiger partial charge in [0.15, 0.2) is 11.5 Å². The SMILES string of the molecule is CCc1nc2cc3c(cc2o1)sc1ccccc13. The van der Waals surface area contributed by atoms with Crippen molar-refractivity contribution in [3.8, 4) is 0 Å². The molecule has 0 aliphatic rings. The smallest absolute Gasteiger partial charge is 0.195 e. The van der Waals surface area contributed by atoms with E-state index in [1.165, 1.54) is 20.2 Å². The van der Waals surface area contributed by atoms with E-state index in [2.05, 4.69) is 48.3 Å². The van der Waals surface area contributed by atoms with Crippen molar-refractivity contribution in [3.63, 3.8) is 0 Å². The standard InChI is InChI=1S/C15H11NOS/c1-2-15-16-11-7-10-9-5-3-4-6-13(9)18-14(10)8-12(11)17-15/h3-8H,2H2,1H3. The van der Waals surface area contributed by atoms with Gasteiger partial charge in [-0.25, -0.2) is 4.98 Å². The number of aromatic nitrogens is 1. The van der Waals surface area contributed by atoms with Crippen LogP contribution < -0.4 is 0 Å². The van der Waals surface area contributed by atoms with Gasteiger partial charge in [0.2, 0.25) is 0 Å². The third-order valence-corrected chi connectivity index (χ3v) is 4.37. The molecule has 0 aliphatic heterocycles. The molecule has 0 bridgehead atoms. The second-order valence-electron chi connectivity index (χ2n) is 4.38. The van der Waals surface area contributed by atoms with Gasteiger partial charge in [0.25, 0.3) is 0 Å². The summed E-state index contributed by atoms with van der Waals surface area (Å²) in [5.74, 6) is 0.812. The Labute approximate surface area is 108 Å². The summed E-state index contributed by atoms with van der Waals surface area (Å²) in [5, 5.41) is 2.58. The first-order valence-electron chi connectivity index (χ1n) is 6.06. The number of thiophene rings is 1. The number of rotatable bonds is 1. The normalized spacial score (nSPS) is 11.8. The summed E-state index contributed by atoms with van der Waals surface area (Å²) in [6.45, 7) is 2.06. The molecule has 0 amide bonds. The summed E-state index contributed by atoms with van der Waals surface area (Å²) in [7, 11) is 0. The quantitative estimate of drug-likeness (QED) is 0.489. The van der Waals surface area contributed by atoms with Gasteiger partial charge in [0.1, 0.15) is 5.52 Å². The molecular weight excluding hydrogens is 242 g/mol. The van der Waals surface area contributed by atoms with Crippen LogP contribution in [0.5, 0.6) is 0 Å². The first-order chi connectivity index (χ1) is 8.85. The van der Waals surface area contributed by atoms with Crippen molar-refractivity contribution < 1.29 is 4.42 Å². The van der Waals surface area contributed by atoms with E-state index < -0.39 is 0 Å². The number of hydrogen-bond acceptors (Lipinski definition) is 3. The predicted molar refractivity (Wildman–Crippen MR) is 76.3 cm³/mol. The maximum atomic E-state index is 5.72. The van der Waals surface area contributed by atoms with Crippen molar-refractivity contribution in [1.82, 2.24) is 4.98 Å². The lowest BCUT2D eigenvalue weighted by Crippen LogP contribution is -1.75. The van der Waals surface area contributed by atoms with Crippen LogP contribution in [0, 0.1) is 0 Å². The molecule has 2 nitrogen and oxygen atoms in total. The number of nitrogens with zero attached hydrogens (tertiary/aromatic N) is 1. The van der Waals surface area contributed by atoms with E-state index in [0.29, 0.717) is 0 Å². The molecule has 18 heavy (non-hydrogen) atoms. The van der Waals surface area contributed by atoms with Crippen LogP contribution in [0.4, 0.5) is 0 Å². The second-order valence-corrected chi connectivity index (χ2v) is 5.46. The largest absolute Gasteiger partial charge is 0.441 e. The van der Waals surface area contributed by atoms with E-state index >= 15 is 0 Å². The molecule has 0 spiro atoms. The van der Waals surface area contributed by atoms with Crippen molar-refractivity contribution in [2.45, 2.75) is 13.3 Å². The van der Waals surface area contributed by atoms with Crippen molar-refractivity contribution in [3.05, 3.63) is 42.3 Å². The van der Waals surface area contributed by atoms with Crippen molar-refractivity contribution in [2.75, 3.05) is 0 Å². The molecule has 0 atom stereocenters. The Morgan fingerprint density at radius 2 is 2.00 bits per heavy atom. The van der Waals surface area contributed by atoms with E-state index in [1.54, 1.807) is 11.3 Å². The predicted octanol–water partition coefficient (Wildman–Crippen LogP) is 4.76. The van der Waals surface area contributed by atoms with Crippen LogP contribution in [-0.4, -0.2) is 4.98 Å². The highest BCUT2D eigenvalue weighted by Crippen LogP contribution is 2.36. The van der Waals surface area contributed by atoms with Crippen molar-refractivity contribution >= 4 is 42.6 Å². The zero-order valence-electron chi connectivity index (χ0n) is 9.93. The second kappa shape index (κ2) is 3.56. The van der Waals surface area contributed by atoms with Gasteiger partial charge >= 0.3 is 0 Å². The molecule has 0 fully saturated rings. The topological polar surface area (TPSA) is 26.0 Å². The van der Waals surface area contributed by atoms with E-state index in [9.17, 15) is 0 Å². The fraction of sp³-hybridized carbons (Fsp3) is 0.133. The summed E-state index contributed by atoms with van der Waals surface area (Å²) in [4.78, 5) is 4.51. The molecule has 0 radical (unpaired) electrons. The van der Waals surface area contributed by atoms with Gasteiger partial charge in [-0.15, -0.1) is 11.3 Å². The fourth-order valence-corrected chi connectivity index (χ4v) is 3.46. The zero-order chi connectivity index (χ0) is 12.1. The first kappa shape index (κ1) is 10.1. The lowest BCUT2D eigenvalue weighted by atomic mass is 10.1. The Morgan fingerprint density at radius 1 is 1.11 bits per heavy atom. The third kappa shape index (κ3) is 1.31. The Morgan fingerprint density at radius 3 is 2.89 bits per heavy atom. The van der Waals surface area contributed by atoms with E-state index in [1.807, 2.05) is 0 Å². The maximum Gasteiger partial charge on any atom is 0.195 e. The average molecular weight is 253 g/mol. The molecule has 0 saturated carbocycles. The lowest BCUT2D eigenvalue weighted by Gasteiger charge is -1.90. The van der Waals surface area contributed by atoms with E-state index in [0.717, 1.165) is 23.4 Å². The summed E-state index contributed by atoms with van der Waals surface area (Å²) < 4.78 is 8.30. The van der Waals surface area contributed by atoms with Gasteiger partial charge in [-0.3, -0.25) is 0 Å². The molecule has 0 aliphatic carbocycles. The number of oxazole rings is 1. The van der Waals surface area contributed by atoms with Crippen molar-refractivity contribution in [2.24, 2.45) is 0 Å². The molecule has 2 heterocycles. The molecule has 2 aromatic carbocycles. The van der Waals surface area contributed by atoms with Crippen molar-refractivity contribution in [1.29, 1.82) is 0 Å². The maximum absolute atomic E-state index is 5.72. The fourth-order valence-electron chi connectivity index (χ4n) is 2.35. The minimum absolute atomic E-state index is 0.812. The summed E-state index contributed by atoms with van der Waals surface area (Å²) >= 11 is 1.81. The Hall–Kier alpha value is -1.87. The molecule has 3 heteroatoms. The molecule has 0 unspecified atom stereocenters. The van der Waals surface area contributed by atoms with Gasteiger partial charge in [0.05, 0.1) is 0 Å². The highest BCUT2D eigenvalue weighted by molar-refractivity contribution is 7.25. The zero-order valence-corrected chi connectivity index (χ0v) is 10.8. The van der Waals surface area contributed by atoms with E-state index in [-0.39, 0.29) is 0 Å². The number of fused-ring (bicyclic) bond motifs is 4. The summed E-state index contributed by atoms with van der Waals surface area (Å²) in [6, 6.07) is 12.7. The molecule has 0 N–H and O–H groups in total. The van der Waals surface area contributed by atoms with Crippen LogP contribution in [-0.2, 0) is 6.42 Å². The monoisotopic (exact) mass is 253 g/mol. The number of benzene rings is 2. The Bertz CT molecular complexity index is 872. The molecule has 2 aromatic heterocycles. The van der Waals surface area contributed by atoms with Gasteiger partial charge in [-0.1, -0.05) is 25.1 Å². The highest BCUT2D eigenvalue weighted by Gasteiger charge is 2.10. The van der Waals surface area contributed by atoms with Crippen LogP contribution in [0.1, 0.15) is 12.8 Å². The van der Waals surface area contributed by atoms with Crippen LogP contribution in [0.3, 0.4) is 0 Å². The average Bonchev–Trinajstić information content (AvgIpc) is 2.95. The molecule has 4 rings (SSSR count). The Kier molecular flexibility index (Phi) is 2.00. The van der Waals surface area contributed by atoms with Gasteiger partial charge in [0, 0.05) is 32.7 Å². The molecule has 4 aromatic rings. The van der Waals surface area contributed by atoms with Crippen LogP contribution in [0.25, 0.3) is 31.3 Å². The van der Waals surface area contributed by atoms with E-state index in [4.69, 9.17) is 4.42 Å². The molecular formula is C15H11NOS. The molecule has 88 valence electrons. The lowest BCUT2D eigenvalue weighted by molar-refractivity contribution is 0.538. The number of hydrogen-bond donors (Lipinski definition) is 0. The minimum atomic E-state index is 0.812. The summed E-state index contributed by atoms with van der Waals surface area (Å²) in [5.41, 5.74) is 1.86.